The first-order valence-electron chi connectivity index (χ1n) is 2.81. The van der Waals surface area contributed by atoms with Crippen molar-refractivity contribution in [1.82, 2.24) is 3.75 Å². The molecule has 0 bridgehead atoms. The Morgan fingerprint density at radius 3 is 1.67 bits per heavy atom. The molecular formula is C4H12Cl2NSi2. The molecule has 0 rings (SSSR count). The van der Waals surface area contributed by atoms with E-state index in [2.05, 4.69) is 13.1 Å². The van der Waals surface area contributed by atoms with Crippen molar-refractivity contribution in [1.29, 1.82) is 0 Å². The van der Waals surface area contributed by atoms with Crippen LogP contribution in [0.3, 0.4) is 0 Å². The molecule has 55 valence electrons. The van der Waals surface area contributed by atoms with Crippen LogP contribution < -0.4 is 0 Å². The minimum absolute atomic E-state index is 0.541. The van der Waals surface area contributed by atoms with Crippen molar-refractivity contribution in [3.8, 4) is 0 Å². The van der Waals surface area contributed by atoms with Crippen LogP contribution in [0, 0.1) is 0 Å². The number of hydrogen-bond acceptors (Lipinski definition) is 1. The van der Waals surface area contributed by atoms with Gasteiger partial charge in [0.15, 0.2) is 0 Å². The molecule has 0 aliphatic rings. The van der Waals surface area contributed by atoms with E-state index in [4.69, 9.17) is 22.9 Å². The first-order valence-corrected chi connectivity index (χ1v) is 9.55. The standard InChI is InChI=1S/C4H12Cl2NSi2/c1-8(2)7(5)9(3,4)6/h1-4H3. The first kappa shape index (κ1) is 9.97. The number of rotatable bonds is 2. The summed E-state index contributed by atoms with van der Waals surface area (Å²) in [7, 11) is -2.25. The van der Waals surface area contributed by atoms with Crippen LogP contribution in [-0.4, -0.2) is 20.3 Å². The average molecular weight is 201 g/mol. The van der Waals surface area contributed by atoms with E-state index < -0.39 is 16.5 Å². The SMILES string of the molecule is C[Si](C)N(Cl)[Si](C)(C)Cl. The Balaban J connectivity index is 3.88. The normalized spacial score (nSPS) is 13.3. The van der Waals surface area contributed by atoms with E-state index in [1.165, 1.54) is 0 Å². The summed E-state index contributed by atoms with van der Waals surface area (Å²) in [5.41, 5.74) is 0. The summed E-state index contributed by atoms with van der Waals surface area (Å²) in [6, 6.07) is 0. The van der Waals surface area contributed by atoms with Crippen LogP contribution in [0.5, 0.6) is 0 Å². The molecule has 9 heavy (non-hydrogen) atoms. The molecule has 0 fully saturated rings. The van der Waals surface area contributed by atoms with Crippen molar-refractivity contribution in [2.75, 3.05) is 0 Å². The highest BCUT2D eigenvalue weighted by atomic mass is 35.6. The zero-order chi connectivity index (χ0) is 7.65. The van der Waals surface area contributed by atoms with E-state index >= 15 is 0 Å². The molecule has 0 N–H and O–H groups in total. The van der Waals surface area contributed by atoms with Crippen LogP contribution in [-0.2, 0) is 0 Å². The molecule has 0 aromatic carbocycles. The summed E-state index contributed by atoms with van der Waals surface area (Å²) in [5.74, 6) is 0. The Bertz CT molecular complexity index is 91.1. The molecule has 0 aliphatic heterocycles. The molecule has 0 saturated heterocycles. The average Bonchev–Trinajstić information content (AvgIpc) is 1.62. The van der Waals surface area contributed by atoms with Gasteiger partial charge < -0.3 is 0 Å². The van der Waals surface area contributed by atoms with Crippen molar-refractivity contribution >= 4 is 39.4 Å². The van der Waals surface area contributed by atoms with E-state index in [1.807, 2.05) is 16.8 Å². The lowest BCUT2D eigenvalue weighted by atomic mass is 11.9. The van der Waals surface area contributed by atoms with Crippen molar-refractivity contribution in [2.24, 2.45) is 0 Å². The van der Waals surface area contributed by atoms with Gasteiger partial charge in [-0.05, 0) is 24.9 Å². The lowest BCUT2D eigenvalue weighted by molar-refractivity contribution is 1.04. The van der Waals surface area contributed by atoms with Gasteiger partial charge in [-0.25, -0.2) is 3.75 Å². The maximum atomic E-state index is 6.04. The van der Waals surface area contributed by atoms with Gasteiger partial charge in [0.1, 0.15) is 8.96 Å². The minimum atomic E-state index is -1.71. The highest BCUT2D eigenvalue weighted by Crippen LogP contribution is 2.18. The van der Waals surface area contributed by atoms with Gasteiger partial charge >= 0.3 is 0 Å². The summed E-state index contributed by atoms with van der Waals surface area (Å²) in [6.07, 6.45) is 0. The topological polar surface area (TPSA) is 3.24 Å². The van der Waals surface area contributed by atoms with Gasteiger partial charge in [-0.2, -0.15) is 0 Å². The fourth-order valence-corrected chi connectivity index (χ4v) is 6.31. The molecular weight excluding hydrogens is 189 g/mol. The molecule has 5 heteroatoms. The molecule has 0 saturated carbocycles. The quantitative estimate of drug-likeness (QED) is 0.377. The number of nitrogens with zero attached hydrogens (tertiary/aromatic N) is 1. The minimum Gasteiger partial charge on any atom is -0.250 e. The fourth-order valence-electron chi connectivity index (χ4n) is 0.532. The molecule has 0 atom stereocenters. The highest BCUT2D eigenvalue weighted by molar-refractivity contribution is 7.21. The zero-order valence-electron chi connectivity index (χ0n) is 6.20. The van der Waals surface area contributed by atoms with Gasteiger partial charge in [-0.15, -0.1) is 11.1 Å². The van der Waals surface area contributed by atoms with Crippen molar-refractivity contribution in [3.63, 3.8) is 0 Å². The predicted octanol–water partition coefficient (Wildman–Crippen LogP) is 2.63. The summed E-state index contributed by atoms with van der Waals surface area (Å²) in [4.78, 5) is 0. The van der Waals surface area contributed by atoms with E-state index in [0.29, 0.717) is 0 Å². The van der Waals surface area contributed by atoms with Gasteiger partial charge in [0.25, 0.3) is 0 Å². The third-order valence-corrected chi connectivity index (χ3v) is 9.07. The van der Waals surface area contributed by atoms with Gasteiger partial charge in [0, 0.05) is 0 Å². The van der Waals surface area contributed by atoms with Crippen LogP contribution in [0.4, 0.5) is 0 Å². The fraction of sp³-hybridized carbons (Fsp3) is 1.00. The summed E-state index contributed by atoms with van der Waals surface area (Å²) in [5, 5.41) is 0. The number of halogens is 2. The Labute approximate surface area is 69.5 Å². The summed E-state index contributed by atoms with van der Waals surface area (Å²) in [6.45, 7) is 8.32. The predicted molar refractivity (Wildman–Crippen MR) is 48.5 cm³/mol. The Kier molecular flexibility index (Phi) is 3.76. The zero-order valence-corrected chi connectivity index (χ0v) is 9.72. The third-order valence-electron chi connectivity index (χ3n) is 0.859. The van der Waals surface area contributed by atoms with E-state index in [-0.39, 0.29) is 0 Å². The van der Waals surface area contributed by atoms with Crippen LogP contribution in [0.15, 0.2) is 0 Å². The van der Waals surface area contributed by atoms with Crippen LogP contribution in [0.1, 0.15) is 0 Å². The molecule has 0 amide bonds. The maximum absolute atomic E-state index is 6.04. The molecule has 1 radical (unpaired) electrons. The molecule has 0 heterocycles. The third kappa shape index (κ3) is 3.62. The first-order chi connectivity index (χ1) is 3.85. The Morgan fingerprint density at radius 2 is 1.67 bits per heavy atom. The van der Waals surface area contributed by atoms with E-state index in [9.17, 15) is 0 Å². The van der Waals surface area contributed by atoms with Gasteiger partial charge in [0.05, 0.1) is 0 Å². The molecule has 0 spiro atoms. The summed E-state index contributed by atoms with van der Waals surface area (Å²) < 4.78 is 1.83. The Hall–Kier alpha value is 0.974. The smallest absolute Gasteiger partial charge is 0.230 e. The molecule has 0 aromatic rings. The Morgan fingerprint density at radius 1 is 1.33 bits per heavy atom. The second kappa shape index (κ2) is 3.39. The largest absolute Gasteiger partial charge is 0.250 e. The second-order valence-electron chi connectivity index (χ2n) is 2.64. The second-order valence-corrected chi connectivity index (χ2v) is 12.4. The molecule has 0 aliphatic carbocycles. The maximum Gasteiger partial charge on any atom is 0.230 e. The lowest BCUT2D eigenvalue weighted by Gasteiger charge is -2.26. The van der Waals surface area contributed by atoms with E-state index in [1.54, 1.807) is 0 Å². The molecule has 0 unspecified atom stereocenters. The lowest BCUT2D eigenvalue weighted by Crippen LogP contribution is -2.43. The van der Waals surface area contributed by atoms with Crippen molar-refractivity contribution < 1.29 is 0 Å². The van der Waals surface area contributed by atoms with Gasteiger partial charge in [-0.3, -0.25) is 0 Å². The van der Waals surface area contributed by atoms with Crippen molar-refractivity contribution in [3.05, 3.63) is 0 Å². The monoisotopic (exact) mass is 200 g/mol. The van der Waals surface area contributed by atoms with Crippen molar-refractivity contribution in [2.45, 2.75) is 26.2 Å². The summed E-state index contributed by atoms with van der Waals surface area (Å²) >= 11 is 11.9. The van der Waals surface area contributed by atoms with Crippen LogP contribution >= 0.6 is 22.9 Å². The van der Waals surface area contributed by atoms with Crippen LogP contribution in [0.2, 0.25) is 26.2 Å². The van der Waals surface area contributed by atoms with Crippen LogP contribution in [0.25, 0.3) is 0 Å². The highest BCUT2D eigenvalue weighted by Gasteiger charge is 2.28. The molecule has 0 aromatic heterocycles. The molecule has 1 nitrogen and oxygen atoms in total. The van der Waals surface area contributed by atoms with E-state index in [0.717, 1.165) is 0 Å². The number of hydrogen-bond donors (Lipinski definition) is 0. The van der Waals surface area contributed by atoms with Gasteiger partial charge in [0.2, 0.25) is 7.55 Å². The van der Waals surface area contributed by atoms with Gasteiger partial charge in [-0.1, -0.05) is 13.1 Å².